The fourth-order valence-electron chi connectivity index (χ4n) is 9.86. The zero-order valence-corrected chi connectivity index (χ0v) is 43.4. The van der Waals surface area contributed by atoms with Gasteiger partial charge in [0.1, 0.15) is 177 Å². The number of aldehydes is 1. The van der Waals surface area contributed by atoms with E-state index in [4.69, 9.17) is 66.3 Å². The molecule has 7 saturated heterocycles. The molecule has 0 unspecified atom stereocenters. The minimum atomic E-state index is -2.42. The smallest absolute Gasteiger partial charge is 0.187 e. The maximum Gasteiger partial charge on any atom is 0.187 e. The maximum atomic E-state index is 11.9. The zero-order valence-electron chi connectivity index (χ0n) is 43.4. The van der Waals surface area contributed by atoms with E-state index in [2.05, 4.69) is 0 Å². The molecule has 38 heteroatoms. The van der Waals surface area contributed by atoms with Crippen LogP contribution in [0.4, 0.5) is 0 Å². The molecule has 7 fully saturated rings. The van der Waals surface area contributed by atoms with Crippen molar-refractivity contribution in [1.82, 2.24) is 0 Å². The van der Waals surface area contributed by atoms with Crippen LogP contribution in [-0.4, -0.2) is 398 Å². The van der Waals surface area contributed by atoms with Crippen LogP contribution in [0.3, 0.4) is 0 Å². The summed E-state index contributed by atoms with van der Waals surface area (Å²) in [6, 6.07) is 0. The van der Waals surface area contributed by atoms with Gasteiger partial charge in [-0.1, -0.05) is 0 Å². The van der Waals surface area contributed by atoms with Crippen molar-refractivity contribution in [2.45, 2.75) is 221 Å². The van der Waals surface area contributed by atoms with Gasteiger partial charge in [-0.15, -0.1) is 0 Å². The topological polar surface area (TPSA) is 612 Å². The van der Waals surface area contributed by atoms with Crippen LogP contribution in [0.25, 0.3) is 0 Å². The highest BCUT2D eigenvalue weighted by molar-refractivity contribution is 5.56. The van der Waals surface area contributed by atoms with E-state index in [1.807, 2.05) is 0 Å². The minimum Gasteiger partial charge on any atom is -0.394 e. The van der Waals surface area contributed by atoms with Gasteiger partial charge in [-0.05, 0) is 0 Å². The van der Waals surface area contributed by atoms with Crippen molar-refractivity contribution in [3.8, 4) is 0 Å². The number of aliphatic hydroxyl groups excluding tert-OH is 23. The second-order valence-electron chi connectivity index (χ2n) is 20.8. The average Bonchev–Trinajstić information content (AvgIpc) is 3.66. The van der Waals surface area contributed by atoms with Gasteiger partial charge in [0, 0.05) is 0 Å². The largest absolute Gasteiger partial charge is 0.394 e. The number of carbonyl (C=O) groups is 1. The number of rotatable bonds is 23. The quantitative estimate of drug-likeness (QED) is 0.0422. The molecule has 7 aliphatic heterocycles. The lowest BCUT2D eigenvalue weighted by Gasteiger charge is -2.49. The summed E-state index contributed by atoms with van der Waals surface area (Å²) in [5, 5.41) is 245. The molecule has 0 bridgehead atoms. The highest BCUT2D eigenvalue weighted by atomic mass is 16.8. The summed E-state index contributed by atoms with van der Waals surface area (Å²) in [6.45, 7) is -6.74. The van der Waals surface area contributed by atoms with Crippen molar-refractivity contribution in [3.63, 3.8) is 0 Å². The van der Waals surface area contributed by atoms with Crippen molar-refractivity contribution in [2.75, 3.05) is 52.9 Å². The maximum absolute atomic E-state index is 11.9. The standard InChI is InChI=1S/C45H76O38/c46-1-10(49)21(56)35(11(50)2-47)80-43-33(68)27(62)37(18(78-43)9-75-45-38(22(57)14(53)6-72-45)83-41-31(66)25(60)23(58)15(3-48)76-41)82-44-34(69)28(63)36(17(79-44)8-74-40-30(65)20(55)13(52)5-71-40)81-42-32(67)26(61)24(59)16(77-42)7-73-39-29(64)19(54)12(51)4-70-39/h1,10-45,47-69H,2-9H2/t10-,11+,12+,13+,14+,15+,16+,17+,18+,19-,20-,21+,22-,23-,24+,25-,26-,27+,28+,29+,30+,31+,32+,33+,34+,35+,36+,37+,38+,39+,40+,41-,42-,43-,44-,45+/m0/s1. The van der Waals surface area contributed by atoms with E-state index >= 15 is 0 Å². The number of carbonyl (C=O) groups excluding carboxylic acids is 1. The van der Waals surface area contributed by atoms with Crippen LogP contribution >= 0.6 is 0 Å². The first-order valence-corrected chi connectivity index (χ1v) is 26.1. The van der Waals surface area contributed by atoms with E-state index in [0.717, 1.165) is 0 Å². The van der Waals surface area contributed by atoms with E-state index in [9.17, 15) is 122 Å². The minimum absolute atomic E-state index is 0.182. The van der Waals surface area contributed by atoms with Crippen molar-refractivity contribution in [2.24, 2.45) is 0 Å². The Hall–Kier alpha value is -1.81. The third kappa shape index (κ3) is 15.4. The summed E-state index contributed by atoms with van der Waals surface area (Å²) in [5.74, 6) is 0. The lowest BCUT2D eigenvalue weighted by atomic mass is 9.95. The SMILES string of the molecule is O=C[C@H](O)[C@@H](O)[C@H](O[C@@H]1O[C@H](CO[C@H]2OC[C@@H](O)[C@H](O)[C@H]2O[C@@H]2O[C@H](CO)[C@H](O)[C@H](O)[C@H]2O)[C@@H](O[C@@H]2O[C@H](CO[C@H]3OC[C@@H](O)[C@H](O)[C@H]3O)[C@@H](O[C@@H]3O[C@H](CO[C@H]4OC[C@@H](O)[C@H](O)[C@H]4O)[C@@H](O)[C@H](O)[C@H]3O)[C@H](O)[C@H]2O)[C@H](O)[C@H]1O)[C@H](O)CO. The van der Waals surface area contributed by atoms with Crippen LogP contribution in [0.1, 0.15) is 0 Å². The third-order valence-electron chi connectivity index (χ3n) is 15.0. The lowest BCUT2D eigenvalue weighted by Crippen LogP contribution is -2.67. The predicted molar refractivity (Wildman–Crippen MR) is 248 cm³/mol. The fourth-order valence-corrected chi connectivity index (χ4v) is 9.86. The van der Waals surface area contributed by atoms with Crippen molar-refractivity contribution < 1.29 is 189 Å². The fraction of sp³-hybridized carbons (Fsp3) is 0.978. The number of hydrogen-bond donors (Lipinski definition) is 23. The molecule has 0 aromatic carbocycles. The Balaban J connectivity index is 1.16. The van der Waals surface area contributed by atoms with E-state index in [1.165, 1.54) is 0 Å². The van der Waals surface area contributed by atoms with Gasteiger partial charge < -0.3 is 189 Å². The van der Waals surface area contributed by atoms with Gasteiger partial charge in [0.2, 0.25) is 0 Å². The first-order chi connectivity index (χ1) is 39.2. The molecule has 0 amide bonds. The third-order valence-corrected chi connectivity index (χ3v) is 15.0. The summed E-state index contributed by atoms with van der Waals surface area (Å²) in [6.07, 6.45) is -72.7. The van der Waals surface area contributed by atoms with Crippen molar-refractivity contribution >= 4 is 6.29 Å². The normalized spacial score (nSPS) is 49.8. The molecule has 36 atom stereocenters. The Morgan fingerprint density at radius 2 is 0.747 bits per heavy atom. The van der Waals surface area contributed by atoms with Gasteiger partial charge >= 0.3 is 0 Å². The Morgan fingerprint density at radius 3 is 1.22 bits per heavy atom. The van der Waals surface area contributed by atoms with Crippen molar-refractivity contribution in [1.29, 1.82) is 0 Å². The van der Waals surface area contributed by atoms with E-state index in [0.29, 0.717) is 0 Å². The second kappa shape index (κ2) is 30.1. The van der Waals surface area contributed by atoms with Crippen LogP contribution < -0.4 is 0 Å². The van der Waals surface area contributed by atoms with Gasteiger partial charge in [0.05, 0.1) is 52.9 Å². The van der Waals surface area contributed by atoms with Crippen molar-refractivity contribution in [3.05, 3.63) is 0 Å². The summed E-state index contributed by atoms with van der Waals surface area (Å²) in [4.78, 5) is 11.4. The average molecular weight is 1230 g/mol. The molecule has 0 aromatic rings. The molecule has 0 aromatic heterocycles. The highest BCUT2D eigenvalue weighted by Gasteiger charge is 2.57. The Labute approximate surface area is 468 Å². The number of aliphatic hydroxyl groups is 23. The number of ether oxygens (including phenoxy) is 14. The molecule has 7 rings (SSSR count). The van der Waals surface area contributed by atoms with Crippen LogP contribution in [0.2, 0.25) is 0 Å². The van der Waals surface area contributed by atoms with Gasteiger partial charge in [-0.25, -0.2) is 0 Å². The highest BCUT2D eigenvalue weighted by Crippen LogP contribution is 2.36. The predicted octanol–water partition coefficient (Wildman–Crippen LogP) is -16.7. The van der Waals surface area contributed by atoms with Crippen LogP contribution in [0, 0.1) is 0 Å². The van der Waals surface area contributed by atoms with Gasteiger partial charge in [-0.2, -0.15) is 0 Å². The monoisotopic (exact) mass is 1220 g/mol. The summed E-state index contributed by atoms with van der Waals surface area (Å²) < 4.78 is 79.0. The second-order valence-corrected chi connectivity index (χ2v) is 20.8. The molecule has 0 aliphatic carbocycles. The Morgan fingerprint density at radius 1 is 0.386 bits per heavy atom. The molecule has 7 heterocycles. The molecular weight excluding hydrogens is 1150 g/mol. The van der Waals surface area contributed by atoms with E-state index in [1.54, 1.807) is 0 Å². The Kier molecular flexibility index (Phi) is 24.9. The van der Waals surface area contributed by atoms with Crippen LogP contribution in [0.15, 0.2) is 0 Å². The first-order valence-electron chi connectivity index (χ1n) is 26.1. The van der Waals surface area contributed by atoms with E-state index < -0.39 is 274 Å². The molecule has 83 heavy (non-hydrogen) atoms. The first kappa shape index (κ1) is 68.7. The Bertz CT molecular complexity index is 1960. The molecule has 0 saturated carbocycles. The summed E-state index contributed by atoms with van der Waals surface area (Å²) in [7, 11) is 0. The molecular formula is C45H76O38. The molecule has 7 aliphatic rings. The molecule has 38 nitrogen and oxygen atoms in total. The molecule has 23 N–H and O–H groups in total. The molecule has 0 radical (unpaired) electrons. The van der Waals surface area contributed by atoms with E-state index in [-0.39, 0.29) is 6.29 Å². The number of hydrogen-bond acceptors (Lipinski definition) is 38. The summed E-state index contributed by atoms with van der Waals surface area (Å²) >= 11 is 0. The van der Waals surface area contributed by atoms with Gasteiger partial charge in [0.25, 0.3) is 0 Å². The molecule has 484 valence electrons. The summed E-state index contributed by atoms with van der Waals surface area (Å²) in [5.41, 5.74) is 0. The van der Waals surface area contributed by atoms with Gasteiger partial charge in [0.15, 0.2) is 50.3 Å². The molecule has 0 spiro atoms. The van der Waals surface area contributed by atoms with Gasteiger partial charge in [-0.3, -0.25) is 0 Å². The van der Waals surface area contributed by atoms with Crippen LogP contribution in [0.5, 0.6) is 0 Å². The van der Waals surface area contributed by atoms with Crippen LogP contribution in [-0.2, 0) is 71.1 Å². The zero-order chi connectivity index (χ0) is 61.0. The lowest BCUT2D eigenvalue weighted by molar-refractivity contribution is -0.391.